The van der Waals surface area contributed by atoms with Gasteiger partial charge in [0.1, 0.15) is 34.4 Å². The third kappa shape index (κ3) is 14.7. The van der Waals surface area contributed by atoms with Gasteiger partial charge in [0.05, 0.1) is 49.7 Å². The van der Waals surface area contributed by atoms with Gasteiger partial charge >= 0.3 is 0 Å². The van der Waals surface area contributed by atoms with Gasteiger partial charge in [-0.15, -0.1) is 0 Å². The maximum atomic E-state index is 14.8. The van der Waals surface area contributed by atoms with Crippen LogP contribution in [0.5, 0.6) is 0 Å². The van der Waals surface area contributed by atoms with E-state index in [1.54, 1.807) is 0 Å². The molecule has 6 heterocycles. The summed E-state index contributed by atoms with van der Waals surface area (Å²) in [6.45, 7) is 2.13. The molecule has 0 amide bonds. The van der Waals surface area contributed by atoms with Gasteiger partial charge in [-0.05, 0) is 117 Å². The van der Waals surface area contributed by atoms with E-state index in [4.69, 9.17) is 29.9 Å². The molecule has 0 aliphatic rings. The zero-order chi connectivity index (χ0) is 88.0. The Morgan fingerprint density at radius 2 is 0.405 bits per heavy atom. The highest BCUT2D eigenvalue weighted by Crippen LogP contribution is 2.47. The quantitative estimate of drug-likeness (QED) is 0.0864. The van der Waals surface area contributed by atoms with Gasteiger partial charge in [-0.1, -0.05) is 401 Å². The molecule has 0 unspecified atom stereocenters. The average molecular weight is 1740 g/mol. The molecule has 6 aromatic heterocycles. The number of benzene rings is 18. The number of para-hydroxylation sites is 6. The van der Waals surface area contributed by atoms with Gasteiger partial charge in [0, 0.05) is 81.4 Å². The molecule has 0 aliphatic heterocycles. The second-order valence-electron chi connectivity index (χ2n) is 32.5. The molecule has 18 aromatic carbocycles. The molecule has 131 heavy (non-hydrogen) atoms. The number of rotatable bonds is 16. The van der Waals surface area contributed by atoms with Crippen LogP contribution in [-0.4, -0.2) is 43.1 Å². The lowest BCUT2D eigenvalue weighted by molar-refractivity contribution is 0.591. The zero-order valence-corrected chi connectivity index (χ0v) is 73.9. The van der Waals surface area contributed by atoms with Crippen molar-refractivity contribution < 1.29 is 13.7 Å². The number of hydrogen-bond donors (Lipinski definition) is 0. The van der Waals surface area contributed by atoms with Crippen LogP contribution in [0.15, 0.2) is 467 Å². The second-order valence-corrected chi connectivity index (χ2v) is 40.8. The number of aryl methyl sites for hydroxylation is 1. The highest BCUT2D eigenvalue weighted by Gasteiger charge is 2.33. The van der Waals surface area contributed by atoms with E-state index >= 15 is 0 Å². The molecule has 0 spiro atoms. The van der Waals surface area contributed by atoms with Crippen LogP contribution in [0.3, 0.4) is 0 Å². The third-order valence-electron chi connectivity index (χ3n) is 24.8. The van der Waals surface area contributed by atoms with Crippen LogP contribution in [-0.2, 0) is 20.1 Å². The van der Waals surface area contributed by atoms with Crippen molar-refractivity contribution in [3.8, 4) is 67.3 Å². The lowest BCUT2D eigenvalue weighted by atomic mass is 9.99. The minimum Gasteiger partial charge on any atom is -0.309 e. The summed E-state index contributed by atoms with van der Waals surface area (Å²) < 4.78 is 50.8. The third-order valence-corrected chi connectivity index (χ3v) is 34.0. The molecule has 0 atom stereocenters. The van der Waals surface area contributed by atoms with Crippen LogP contribution in [0.1, 0.15) is 12.7 Å². The second kappa shape index (κ2) is 34.3. The zero-order valence-electron chi connectivity index (χ0n) is 71.3. The summed E-state index contributed by atoms with van der Waals surface area (Å²) >= 11 is 0. The summed E-state index contributed by atoms with van der Waals surface area (Å²) in [5.74, 6) is 2.75. The summed E-state index contributed by atoms with van der Waals surface area (Å²) in [7, 11) is -9.06. The van der Waals surface area contributed by atoms with Gasteiger partial charge in [-0.25, -0.2) is 29.9 Å². The molecule has 0 radical (unpaired) electrons. The molecule has 624 valence electrons. The predicted octanol–water partition coefficient (Wildman–Crippen LogP) is 24.6. The molecule has 0 aliphatic carbocycles. The van der Waals surface area contributed by atoms with E-state index in [-0.39, 0.29) is 0 Å². The van der Waals surface area contributed by atoms with E-state index in [0.29, 0.717) is 0 Å². The van der Waals surface area contributed by atoms with Gasteiger partial charge in [0.25, 0.3) is 0 Å². The first-order valence-electron chi connectivity index (χ1n) is 43.8. The predicted molar refractivity (Wildman–Crippen MR) is 544 cm³/mol. The molecule has 0 saturated heterocycles. The summed E-state index contributed by atoms with van der Waals surface area (Å²) in [4.78, 5) is 30.4. The highest BCUT2D eigenvalue weighted by atomic mass is 31.2. The van der Waals surface area contributed by atoms with Gasteiger partial charge in [-0.3, -0.25) is 13.2 Å². The van der Waals surface area contributed by atoms with Gasteiger partial charge in [0.15, 0.2) is 21.4 Å². The topological polar surface area (TPSA) is 142 Å². The molecule has 15 heteroatoms. The number of fused-ring (bicyclic) bond motifs is 15. The Labute approximate surface area is 757 Å². The Bertz CT molecular complexity index is 8420. The Morgan fingerprint density at radius 1 is 0.191 bits per heavy atom. The van der Waals surface area contributed by atoms with Crippen LogP contribution < -0.4 is 47.7 Å². The first kappa shape index (κ1) is 80.9. The molecule has 0 bridgehead atoms. The largest absolute Gasteiger partial charge is 0.309 e. The molecule has 12 nitrogen and oxygen atoms in total. The molecular formula is C116H82N9O3P3. The smallest absolute Gasteiger partial charge is 0.171 e. The van der Waals surface area contributed by atoms with Crippen molar-refractivity contribution in [3.05, 3.63) is 473 Å². The summed E-state index contributed by atoms with van der Waals surface area (Å²) in [6, 6.07) is 156. The minimum absolute atomic E-state index is 0.811. The highest BCUT2D eigenvalue weighted by molar-refractivity contribution is 7.86. The van der Waals surface area contributed by atoms with Gasteiger partial charge < -0.3 is 13.7 Å². The van der Waals surface area contributed by atoms with Crippen molar-refractivity contribution in [3.63, 3.8) is 0 Å². The van der Waals surface area contributed by atoms with Crippen LogP contribution >= 0.6 is 21.4 Å². The van der Waals surface area contributed by atoms with E-state index in [1.807, 2.05) is 303 Å². The van der Waals surface area contributed by atoms with E-state index in [1.165, 1.54) is 0 Å². The van der Waals surface area contributed by atoms with Gasteiger partial charge in [-0.2, -0.15) is 0 Å². The summed E-state index contributed by atoms with van der Waals surface area (Å²) in [6.07, 6.45) is 0.818. The van der Waals surface area contributed by atoms with Crippen LogP contribution in [0.4, 0.5) is 0 Å². The Hall–Kier alpha value is -15.9. The van der Waals surface area contributed by atoms with Crippen molar-refractivity contribution >= 4 is 152 Å². The Balaban J connectivity index is 0.000000116. The number of imidazole rings is 3. The Kier molecular flexibility index (Phi) is 21.2. The Morgan fingerprint density at radius 3 is 0.687 bits per heavy atom. The molecule has 0 fully saturated rings. The fourth-order valence-corrected chi connectivity index (χ4v) is 26.2. The summed E-state index contributed by atoms with van der Waals surface area (Å²) in [5.41, 5.74) is 22.1. The van der Waals surface area contributed by atoms with Crippen LogP contribution in [0.2, 0.25) is 0 Å². The lowest BCUT2D eigenvalue weighted by Crippen LogP contribution is -2.24. The van der Waals surface area contributed by atoms with Crippen molar-refractivity contribution in [2.45, 2.75) is 13.3 Å². The van der Waals surface area contributed by atoms with Crippen LogP contribution in [0.25, 0.3) is 150 Å². The number of hydrogen-bond acceptors (Lipinski definition) is 9. The van der Waals surface area contributed by atoms with Crippen molar-refractivity contribution in [1.82, 2.24) is 43.1 Å². The minimum atomic E-state index is -3.03. The van der Waals surface area contributed by atoms with Gasteiger partial charge in [0.2, 0.25) is 0 Å². The first-order valence-corrected chi connectivity index (χ1v) is 49.0. The molecule has 24 rings (SSSR count). The lowest BCUT2D eigenvalue weighted by Gasteiger charge is -2.20. The molecule has 24 aromatic rings. The molecular weight excluding hydrogens is 1660 g/mol. The van der Waals surface area contributed by atoms with Crippen molar-refractivity contribution in [2.24, 2.45) is 0 Å². The van der Waals surface area contributed by atoms with E-state index in [2.05, 4.69) is 184 Å². The normalized spacial score (nSPS) is 11.8. The average Bonchev–Trinajstić information content (AvgIpc) is 1.62. The summed E-state index contributed by atoms with van der Waals surface area (Å²) in [5, 5.41) is 10.5. The van der Waals surface area contributed by atoms with Crippen molar-refractivity contribution in [1.29, 1.82) is 0 Å². The number of nitrogens with zero attached hydrogens (tertiary/aromatic N) is 9. The SMILES string of the molecule is CCc1nc2ccc(-c3ccc(P(=O)(c4ccccc4)c4ccccc4)cc3)cc2c2nc3ccccc3n12.O=P(c1ccccc1)(c1ccccc1)c1ccc(-c2ccc(-c3ccc4nc(-c5ccccc5)n5c6ccccc6nc5c4c3)cc2)cc1.O=P(c1ccccc1)(c1ccccc1)c1ccc(-c2ccc3nc(-c4ccccc4)n4c5ccccc5nc4c3c2)cc1. The molecule has 0 N–H and O–H groups in total. The number of aromatic nitrogens is 9. The van der Waals surface area contributed by atoms with E-state index in [9.17, 15) is 13.7 Å². The maximum absolute atomic E-state index is 14.8. The standard InChI is InChI=1S/C44H30N3OP.C38H26N3OP.C34H26N3OP/c48-49(36-14-6-2-7-15-36,37-16-8-3-9-17-37)38-27-24-32(25-28-38)31-20-22-33(23-21-31)35-26-29-40-39(30-35)44-46-41-18-10-11-19-42(41)47(44)43(45-40)34-12-4-1-5-13-34;42-43(30-14-6-2-7-15-30,31-16-8-3-9-17-31)32-23-20-27(21-24-32)29-22-25-34-33(26-29)38-40-35-18-10-11-19-36(35)41(38)37(39-34)28-12-4-1-5-13-28;1-2-33-35-30-22-19-25(23-29(30)34-36-31-15-9-10-16-32(31)37(33)34)24-17-20-28(21-18-24)39(38,26-11-5-3-6-12-26)27-13-7-4-8-14-27/h1-30H;1-26H;3-23H,2H2,1H3. The maximum Gasteiger partial charge on any atom is 0.171 e. The van der Waals surface area contributed by atoms with E-state index in [0.717, 1.165) is 210 Å². The van der Waals surface area contributed by atoms with E-state index < -0.39 is 21.4 Å². The van der Waals surface area contributed by atoms with Crippen molar-refractivity contribution in [2.75, 3.05) is 0 Å². The fourth-order valence-electron chi connectivity index (χ4n) is 18.2. The van der Waals surface area contributed by atoms with Crippen LogP contribution in [0, 0.1) is 0 Å². The monoisotopic (exact) mass is 1740 g/mol. The fraction of sp³-hybridized carbons (Fsp3) is 0.0172. The first-order chi connectivity index (χ1) is 64.5. The molecule has 0 saturated carbocycles.